The summed E-state index contributed by atoms with van der Waals surface area (Å²) in [4.78, 5) is 12.4. The molecule has 0 aliphatic heterocycles. The van der Waals surface area contributed by atoms with Crippen LogP contribution in [0.1, 0.15) is 16.1 Å². The van der Waals surface area contributed by atoms with Crippen LogP contribution >= 0.6 is 11.6 Å². The molecule has 4 nitrogen and oxygen atoms in total. The number of aryl methyl sites for hydroxylation is 1. The summed E-state index contributed by atoms with van der Waals surface area (Å²) in [6, 6.07) is 16.5. The Morgan fingerprint density at radius 1 is 1.14 bits per heavy atom. The predicted octanol–water partition coefficient (Wildman–Crippen LogP) is 4.29. The number of carbonyl (C=O) groups excluding carboxylic acids is 1. The van der Waals surface area contributed by atoms with Crippen LogP contribution in [0, 0.1) is 6.92 Å². The second-order valence-corrected chi connectivity index (χ2v) is 5.34. The Kier molecular flexibility index (Phi) is 3.94. The first-order valence-corrected chi connectivity index (χ1v) is 7.20. The van der Waals surface area contributed by atoms with E-state index in [-0.39, 0.29) is 5.91 Å². The molecule has 0 radical (unpaired) electrons. The first kappa shape index (κ1) is 14.4. The van der Waals surface area contributed by atoms with Gasteiger partial charge in [0.25, 0.3) is 5.91 Å². The van der Waals surface area contributed by atoms with Crippen LogP contribution in [0.3, 0.4) is 0 Å². The highest BCUT2D eigenvalue weighted by Crippen LogP contribution is 2.28. The number of amides is 1. The Balaban J connectivity index is 1.93. The Morgan fingerprint density at radius 2 is 1.91 bits per heavy atom. The van der Waals surface area contributed by atoms with Gasteiger partial charge in [-0.25, -0.2) is 0 Å². The van der Waals surface area contributed by atoms with Gasteiger partial charge in [0.15, 0.2) is 0 Å². The van der Waals surface area contributed by atoms with Crippen LogP contribution < -0.4 is 5.32 Å². The molecule has 0 fully saturated rings. The predicted molar refractivity (Wildman–Crippen MR) is 88.2 cm³/mol. The molecule has 2 aromatic carbocycles. The van der Waals surface area contributed by atoms with Gasteiger partial charge in [-0.3, -0.25) is 9.89 Å². The number of hydrogen-bond donors (Lipinski definition) is 2. The van der Waals surface area contributed by atoms with E-state index in [4.69, 9.17) is 11.6 Å². The summed E-state index contributed by atoms with van der Waals surface area (Å²) in [5.74, 6) is -0.218. The van der Waals surface area contributed by atoms with E-state index in [1.54, 1.807) is 24.3 Å². The van der Waals surface area contributed by atoms with Crippen LogP contribution in [0.25, 0.3) is 11.3 Å². The minimum Gasteiger partial charge on any atom is -0.319 e. The van der Waals surface area contributed by atoms with Crippen LogP contribution in [0.4, 0.5) is 5.69 Å². The van der Waals surface area contributed by atoms with Crippen LogP contribution in [0.2, 0.25) is 5.02 Å². The molecule has 1 amide bonds. The second kappa shape index (κ2) is 6.03. The lowest BCUT2D eigenvalue weighted by atomic mass is 10.1. The van der Waals surface area contributed by atoms with Gasteiger partial charge < -0.3 is 5.32 Å². The number of anilines is 1. The molecule has 3 aromatic rings. The van der Waals surface area contributed by atoms with Gasteiger partial charge in [0.2, 0.25) is 0 Å². The first-order chi connectivity index (χ1) is 10.6. The number of halogens is 1. The van der Waals surface area contributed by atoms with E-state index in [1.165, 1.54) is 0 Å². The minimum absolute atomic E-state index is 0.218. The van der Waals surface area contributed by atoms with E-state index in [0.717, 1.165) is 11.3 Å². The summed E-state index contributed by atoms with van der Waals surface area (Å²) in [6.45, 7) is 1.87. The number of carbonyl (C=O) groups is 1. The van der Waals surface area contributed by atoms with E-state index < -0.39 is 0 Å². The van der Waals surface area contributed by atoms with Crippen molar-refractivity contribution in [2.45, 2.75) is 6.92 Å². The highest BCUT2D eigenvalue weighted by atomic mass is 35.5. The molecule has 0 atom stereocenters. The third-order valence-corrected chi connectivity index (χ3v) is 3.55. The molecule has 5 heteroatoms. The Hall–Kier alpha value is -2.59. The standard InChI is InChI=1S/C17H14ClN3O/c1-11-15(16(21-20-11)12-6-3-2-4-7-12)19-17(22)13-8-5-9-14(18)10-13/h2-10H,1H3,(H,19,22)(H,20,21). The van der Waals surface area contributed by atoms with Gasteiger partial charge in [-0.05, 0) is 25.1 Å². The molecular formula is C17H14ClN3O. The Morgan fingerprint density at radius 3 is 2.64 bits per heavy atom. The van der Waals surface area contributed by atoms with Crippen molar-refractivity contribution < 1.29 is 4.79 Å². The second-order valence-electron chi connectivity index (χ2n) is 4.90. The average Bonchev–Trinajstić information content (AvgIpc) is 2.89. The van der Waals surface area contributed by atoms with Gasteiger partial charge in [-0.2, -0.15) is 5.10 Å². The molecule has 110 valence electrons. The topological polar surface area (TPSA) is 57.8 Å². The van der Waals surface area contributed by atoms with Crippen molar-refractivity contribution in [1.82, 2.24) is 10.2 Å². The molecule has 3 rings (SSSR count). The fourth-order valence-electron chi connectivity index (χ4n) is 2.20. The zero-order chi connectivity index (χ0) is 15.5. The molecule has 0 bridgehead atoms. The van der Waals surface area contributed by atoms with Gasteiger partial charge in [-0.1, -0.05) is 48.0 Å². The molecule has 0 aliphatic rings. The quantitative estimate of drug-likeness (QED) is 0.758. The number of benzene rings is 2. The van der Waals surface area contributed by atoms with E-state index in [9.17, 15) is 4.79 Å². The molecule has 2 N–H and O–H groups in total. The number of nitrogens with one attached hydrogen (secondary N) is 2. The summed E-state index contributed by atoms with van der Waals surface area (Å²) >= 11 is 5.93. The van der Waals surface area contributed by atoms with Gasteiger partial charge >= 0.3 is 0 Å². The zero-order valence-corrected chi connectivity index (χ0v) is 12.7. The third kappa shape index (κ3) is 2.87. The van der Waals surface area contributed by atoms with Gasteiger partial charge in [0, 0.05) is 16.1 Å². The van der Waals surface area contributed by atoms with E-state index >= 15 is 0 Å². The monoisotopic (exact) mass is 311 g/mol. The molecule has 1 heterocycles. The SMILES string of the molecule is Cc1[nH]nc(-c2ccccc2)c1NC(=O)c1cccc(Cl)c1. The normalized spacial score (nSPS) is 10.5. The zero-order valence-electron chi connectivity index (χ0n) is 11.9. The molecule has 0 saturated carbocycles. The number of nitrogens with zero attached hydrogens (tertiary/aromatic N) is 1. The molecule has 0 spiro atoms. The van der Waals surface area contributed by atoms with E-state index in [2.05, 4.69) is 15.5 Å². The molecule has 22 heavy (non-hydrogen) atoms. The Labute approximate surface area is 133 Å². The van der Waals surface area contributed by atoms with Crippen molar-refractivity contribution in [3.05, 3.63) is 70.9 Å². The van der Waals surface area contributed by atoms with Crippen LogP contribution in [-0.4, -0.2) is 16.1 Å². The lowest BCUT2D eigenvalue weighted by Crippen LogP contribution is -2.12. The number of aromatic nitrogens is 2. The molecule has 0 saturated heterocycles. The maximum Gasteiger partial charge on any atom is 0.255 e. The number of aromatic amines is 1. The van der Waals surface area contributed by atoms with Crippen molar-refractivity contribution in [3.63, 3.8) is 0 Å². The number of rotatable bonds is 3. The maximum atomic E-state index is 12.4. The Bertz CT molecular complexity index is 812. The first-order valence-electron chi connectivity index (χ1n) is 6.82. The van der Waals surface area contributed by atoms with Gasteiger partial charge in [0.1, 0.15) is 5.69 Å². The largest absolute Gasteiger partial charge is 0.319 e. The molecular weight excluding hydrogens is 298 g/mol. The third-order valence-electron chi connectivity index (χ3n) is 3.32. The highest BCUT2D eigenvalue weighted by Gasteiger charge is 2.15. The summed E-state index contributed by atoms with van der Waals surface area (Å²) in [6.07, 6.45) is 0. The van der Waals surface area contributed by atoms with Crippen molar-refractivity contribution in [3.8, 4) is 11.3 Å². The number of hydrogen-bond acceptors (Lipinski definition) is 2. The van der Waals surface area contributed by atoms with Crippen molar-refractivity contribution in [1.29, 1.82) is 0 Å². The van der Waals surface area contributed by atoms with Crippen molar-refractivity contribution >= 4 is 23.2 Å². The fraction of sp³-hybridized carbons (Fsp3) is 0.0588. The number of H-pyrrole nitrogens is 1. The molecule has 1 aromatic heterocycles. The smallest absolute Gasteiger partial charge is 0.255 e. The summed E-state index contributed by atoms with van der Waals surface area (Å²) in [5, 5.41) is 10.6. The fourth-order valence-corrected chi connectivity index (χ4v) is 2.39. The van der Waals surface area contributed by atoms with Gasteiger partial charge in [-0.15, -0.1) is 0 Å². The highest BCUT2D eigenvalue weighted by molar-refractivity contribution is 6.31. The van der Waals surface area contributed by atoms with Crippen LogP contribution in [0.15, 0.2) is 54.6 Å². The summed E-state index contributed by atoms with van der Waals surface area (Å²) < 4.78 is 0. The summed E-state index contributed by atoms with van der Waals surface area (Å²) in [5.41, 5.74) is 3.64. The molecule has 0 aliphatic carbocycles. The molecule has 0 unspecified atom stereocenters. The lowest BCUT2D eigenvalue weighted by Gasteiger charge is -2.07. The van der Waals surface area contributed by atoms with Crippen LogP contribution in [-0.2, 0) is 0 Å². The van der Waals surface area contributed by atoms with E-state index in [1.807, 2.05) is 37.3 Å². The lowest BCUT2D eigenvalue weighted by molar-refractivity contribution is 0.102. The van der Waals surface area contributed by atoms with Gasteiger partial charge in [0.05, 0.1) is 11.4 Å². The maximum absolute atomic E-state index is 12.4. The van der Waals surface area contributed by atoms with Crippen LogP contribution in [0.5, 0.6) is 0 Å². The minimum atomic E-state index is -0.218. The van der Waals surface area contributed by atoms with Crippen molar-refractivity contribution in [2.24, 2.45) is 0 Å². The van der Waals surface area contributed by atoms with Crippen molar-refractivity contribution in [2.75, 3.05) is 5.32 Å². The average molecular weight is 312 g/mol. The summed E-state index contributed by atoms with van der Waals surface area (Å²) in [7, 11) is 0. The van der Waals surface area contributed by atoms with E-state index in [0.29, 0.717) is 22.0 Å².